The summed E-state index contributed by atoms with van der Waals surface area (Å²) in [5, 5.41) is 0. The molecule has 0 aromatic carbocycles. The third kappa shape index (κ3) is 10.5. The number of carbonyl (C=O) groups is 1. The van der Waals surface area contributed by atoms with Crippen molar-refractivity contribution in [2.45, 2.75) is 182 Å². The molecule has 0 spiro atoms. The lowest BCUT2D eigenvalue weighted by Crippen LogP contribution is -2.51. The van der Waals surface area contributed by atoms with Gasteiger partial charge in [0.05, 0.1) is 0 Å². The fraction of sp³-hybridized carbons (Fsp3) is 0.800. The molecule has 4 aliphatic rings. The van der Waals surface area contributed by atoms with E-state index in [1.54, 1.807) is 5.57 Å². The number of rotatable bonds is 19. The van der Waals surface area contributed by atoms with Gasteiger partial charge in [0.15, 0.2) is 0 Å². The molecule has 0 bridgehead atoms. The Morgan fingerprint density at radius 2 is 1.55 bits per heavy atom. The number of allylic oxidation sites excluding steroid dienone is 7. The summed E-state index contributed by atoms with van der Waals surface area (Å²) in [5.41, 5.74) is 2.51. The topological polar surface area (TPSA) is 26.3 Å². The van der Waals surface area contributed by atoms with Gasteiger partial charge in [0.2, 0.25) is 0 Å². The van der Waals surface area contributed by atoms with Crippen LogP contribution < -0.4 is 0 Å². The Morgan fingerprint density at radius 1 is 0.830 bits per heavy atom. The summed E-state index contributed by atoms with van der Waals surface area (Å²) in [6, 6.07) is 0. The number of hydrogen-bond acceptors (Lipinski definition) is 2. The monoisotopic (exact) mass is 647 g/mol. The molecule has 3 saturated carbocycles. The highest BCUT2D eigenvalue weighted by atomic mass is 16.5. The molecule has 47 heavy (non-hydrogen) atoms. The first-order chi connectivity index (χ1) is 22.7. The summed E-state index contributed by atoms with van der Waals surface area (Å²) in [5.74, 6) is 5.28. The Labute approximate surface area is 291 Å². The van der Waals surface area contributed by atoms with E-state index >= 15 is 0 Å². The summed E-state index contributed by atoms with van der Waals surface area (Å²) in [4.78, 5) is 12.8. The van der Waals surface area contributed by atoms with Crippen molar-refractivity contribution in [2.75, 3.05) is 0 Å². The van der Waals surface area contributed by atoms with Gasteiger partial charge in [-0.15, -0.1) is 0 Å². The van der Waals surface area contributed by atoms with Gasteiger partial charge in [-0.25, -0.2) is 0 Å². The summed E-state index contributed by atoms with van der Waals surface area (Å²) >= 11 is 0. The molecule has 0 heterocycles. The first-order valence-corrected chi connectivity index (χ1v) is 20.5. The lowest BCUT2D eigenvalue weighted by atomic mass is 9.47. The van der Waals surface area contributed by atoms with Crippen LogP contribution in [0, 0.1) is 46.3 Å². The van der Waals surface area contributed by atoms with Gasteiger partial charge in [0, 0.05) is 12.8 Å². The highest BCUT2D eigenvalue weighted by Gasteiger charge is 2.59. The molecular weight excluding hydrogens is 572 g/mol. The Bertz CT molecular complexity index is 1060. The van der Waals surface area contributed by atoms with Crippen LogP contribution in [0.15, 0.2) is 48.1 Å². The number of hydrogen-bond donors (Lipinski definition) is 0. The van der Waals surface area contributed by atoms with Gasteiger partial charge < -0.3 is 4.74 Å². The van der Waals surface area contributed by atoms with Crippen molar-refractivity contribution in [3.05, 3.63) is 48.1 Å². The SMILES string of the molecule is CC/C=C\C/C=C\C/C=C\CCCCCCCC(=O)O[C@@H]1CC[C@@]2(C)C(=CC[C@H]3[C@@H]4CC[C@H]([C@H](C)CCCC(C)C)[C@@]4(C)CC[C@@H]32)C1. The quantitative estimate of drug-likeness (QED) is 0.0793. The van der Waals surface area contributed by atoms with Gasteiger partial charge in [-0.1, -0.05) is 128 Å². The first kappa shape index (κ1) is 38.2. The van der Waals surface area contributed by atoms with Crippen molar-refractivity contribution in [3.8, 4) is 0 Å². The second-order valence-electron chi connectivity index (χ2n) is 17.2. The van der Waals surface area contributed by atoms with Crippen molar-refractivity contribution in [1.82, 2.24) is 0 Å². The predicted octanol–water partition coefficient (Wildman–Crippen LogP) is 13.5. The first-order valence-electron chi connectivity index (χ1n) is 20.5. The number of unbranched alkanes of at least 4 members (excludes halogenated alkanes) is 5. The summed E-state index contributed by atoms with van der Waals surface area (Å²) in [6.45, 7) is 14.8. The maximum atomic E-state index is 12.8. The zero-order valence-electron chi connectivity index (χ0n) is 31.7. The summed E-state index contributed by atoms with van der Waals surface area (Å²) in [6.07, 6.45) is 41.7. The van der Waals surface area contributed by atoms with E-state index in [9.17, 15) is 4.79 Å². The second-order valence-corrected chi connectivity index (χ2v) is 17.2. The molecule has 0 aromatic heterocycles. The van der Waals surface area contributed by atoms with Gasteiger partial charge in [0.25, 0.3) is 0 Å². The average Bonchev–Trinajstić information content (AvgIpc) is 3.40. The third-order valence-electron chi connectivity index (χ3n) is 13.6. The van der Waals surface area contributed by atoms with Crippen LogP contribution in [0.4, 0.5) is 0 Å². The molecular formula is C45H74O2. The number of fused-ring (bicyclic) bond motifs is 5. The second kappa shape index (κ2) is 19.0. The van der Waals surface area contributed by atoms with E-state index in [-0.39, 0.29) is 12.1 Å². The minimum Gasteiger partial charge on any atom is -0.462 e. The minimum absolute atomic E-state index is 0.0435. The third-order valence-corrected chi connectivity index (χ3v) is 13.6. The molecule has 0 N–H and O–H groups in total. The highest BCUT2D eigenvalue weighted by Crippen LogP contribution is 2.67. The lowest BCUT2D eigenvalue weighted by Gasteiger charge is -2.58. The van der Waals surface area contributed by atoms with Crippen LogP contribution in [0.2, 0.25) is 0 Å². The minimum atomic E-state index is 0.0435. The van der Waals surface area contributed by atoms with E-state index in [0.717, 1.165) is 80.5 Å². The zero-order valence-corrected chi connectivity index (χ0v) is 31.7. The van der Waals surface area contributed by atoms with Crippen molar-refractivity contribution in [3.63, 3.8) is 0 Å². The predicted molar refractivity (Wildman–Crippen MR) is 202 cm³/mol. The van der Waals surface area contributed by atoms with E-state index in [2.05, 4.69) is 84.1 Å². The standard InChI is InChI=1S/C45H74O2/c1-7-8-9-10-11-12-13-14-15-16-17-18-19-20-21-25-43(46)47-38-30-32-44(5)37(34-38)26-27-39-41-29-28-40(36(4)24-22-23-35(2)3)45(41,6)33-31-42(39)44/h8-9,11-12,14-15,26,35-36,38-42H,7,10,13,16-25,27-34H2,1-6H3/b9-8-,12-11-,15-14-/t36-,38-,39+,40-,41+,42+,44+,45-/m1/s1. The average molecular weight is 647 g/mol. The molecule has 266 valence electrons. The van der Waals surface area contributed by atoms with E-state index in [4.69, 9.17) is 4.74 Å². The van der Waals surface area contributed by atoms with Gasteiger partial charge in [-0.05, 0) is 130 Å². The Kier molecular flexibility index (Phi) is 15.4. The lowest BCUT2D eigenvalue weighted by molar-refractivity contribution is -0.151. The normalized spacial score (nSPS) is 32.9. The molecule has 0 aliphatic heterocycles. The van der Waals surface area contributed by atoms with E-state index in [1.807, 2.05) is 0 Å². The summed E-state index contributed by atoms with van der Waals surface area (Å²) in [7, 11) is 0. The largest absolute Gasteiger partial charge is 0.462 e. The molecule has 0 aromatic rings. The van der Waals surface area contributed by atoms with Gasteiger partial charge in [0.1, 0.15) is 6.10 Å². The molecule has 0 amide bonds. The number of carbonyl (C=O) groups excluding carboxylic acids is 1. The fourth-order valence-corrected chi connectivity index (χ4v) is 10.9. The van der Waals surface area contributed by atoms with Crippen LogP contribution in [-0.4, -0.2) is 12.1 Å². The van der Waals surface area contributed by atoms with Crippen molar-refractivity contribution < 1.29 is 9.53 Å². The molecule has 0 saturated heterocycles. The number of esters is 1. The smallest absolute Gasteiger partial charge is 0.306 e. The molecule has 3 fully saturated rings. The Balaban J connectivity index is 1.13. The van der Waals surface area contributed by atoms with Gasteiger partial charge in [-0.3, -0.25) is 4.79 Å². The highest BCUT2D eigenvalue weighted by molar-refractivity contribution is 5.69. The van der Waals surface area contributed by atoms with Crippen LogP contribution in [0.3, 0.4) is 0 Å². The number of ether oxygens (including phenoxy) is 1. The van der Waals surface area contributed by atoms with Crippen molar-refractivity contribution in [1.29, 1.82) is 0 Å². The zero-order chi connectivity index (χ0) is 33.7. The van der Waals surface area contributed by atoms with Gasteiger partial charge in [-0.2, -0.15) is 0 Å². The van der Waals surface area contributed by atoms with Crippen molar-refractivity contribution >= 4 is 5.97 Å². The van der Waals surface area contributed by atoms with Crippen LogP contribution in [-0.2, 0) is 9.53 Å². The van der Waals surface area contributed by atoms with Crippen molar-refractivity contribution in [2.24, 2.45) is 46.3 Å². The van der Waals surface area contributed by atoms with E-state index in [1.165, 1.54) is 83.5 Å². The Hall–Kier alpha value is -1.57. The van der Waals surface area contributed by atoms with Crippen LogP contribution >= 0.6 is 0 Å². The van der Waals surface area contributed by atoms with Crippen LogP contribution in [0.1, 0.15) is 176 Å². The molecule has 4 aliphatic carbocycles. The van der Waals surface area contributed by atoms with E-state index in [0.29, 0.717) is 17.3 Å². The molecule has 8 atom stereocenters. The van der Waals surface area contributed by atoms with Gasteiger partial charge >= 0.3 is 5.97 Å². The molecule has 0 radical (unpaired) electrons. The molecule has 0 unspecified atom stereocenters. The maximum Gasteiger partial charge on any atom is 0.306 e. The molecule has 2 heteroatoms. The van der Waals surface area contributed by atoms with Crippen LogP contribution in [0.5, 0.6) is 0 Å². The summed E-state index contributed by atoms with van der Waals surface area (Å²) < 4.78 is 6.12. The van der Waals surface area contributed by atoms with Crippen LogP contribution in [0.25, 0.3) is 0 Å². The van der Waals surface area contributed by atoms with E-state index < -0.39 is 0 Å². The maximum absolute atomic E-state index is 12.8. The molecule has 4 rings (SSSR count). The molecule has 2 nitrogen and oxygen atoms in total. The fourth-order valence-electron chi connectivity index (χ4n) is 10.9. The Morgan fingerprint density at radius 3 is 2.32 bits per heavy atom.